The highest BCUT2D eigenvalue weighted by Gasteiger charge is 2.30. The number of aliphatic carboxylic acids is 2. The molecule has 0 saturated carbocycles. The Morgan fingerprint density at radius 3 is 1.82 bits per heavy atom. The Hall–Kier alpha value is -2.91. The maximum atomic E-state index is 12.5. The molecule has 0 bridgehead atoms. The number of hydrogen-bond donors (Lipinski definition) is 8. The lowest BCUT2D eigenvalue weighted by atomic mass is 10.1. The number of nitrogens with two attached hydrogens (primary N) is 2. The van der Waals surface area contributed by atoms with Crippen molar-refractivity contribution in [2.75, 3.05) is 18.6 Å². The fourth-order valence-electron chi connectivity index (χ4n) is 2.47. The third-order valence-corrected chi connectivity index (χ3v) is 5.00. The molecular formula is C18H31N5O9S. The van der Waals surface area contributed by atoms with Crippen LogP contribution in [0.4, 0.5) is 0 Å². The monoisotopic (exact) mass is 493 g/mol. The van der Waals surface area contributed by atoms with Gasteiger partial charge < -0.3 is 42.7 Å². The molecule has 0 radical (unpaired) electrons. The summed E-state index contributed by atoms with van der Waals surface area (Å²) >= 11 is 1.46. The summed E-state index contributed by atoms with van der Waals surface area (Å²) in [4.78, 5) is 70.3. The number of nitrogens with one attached hydrogen (secondary N) is 3. The number of carbonyl (C=O) groups excluding carboxylic acids is 4. The van der Waals surface area contributed by atoms with Crippen LogP contribution in [-0.2, 0) is 28.8 Å². The van der Waals surface area contributed by atoms with Crippen molar-refractivity contribution in [1.82, 2.24) is 16.0 Å². The van der Waals surface area contributed by atoms with Gasteiger partial charge in [0.25, 0.3) is 0 Å². The van der Waals surface area contributed by atoms with Gasteiger partial charge in [0, 0.05) is 12.8 Å². The summed E-state index contributed by atoms with van der Waals surface area (Å²) in [6.45, 7) is -0.826. The summed E-state index contributed by atoms with van der Waals surface area (Å²) < 4.78 is 0. The van der Waals surface area contributed by atoms with Gasteiger partial charge in [-0.25, -0.2) is 4.79 Å². The molecule has 14 nitrogen and oxygen atoms in total. The van der Waals surface area contributed by atoms with Crippen molar-refractivity contribution in [3.05, 3.63) is 0 Å². The summed E-state index contributed by atoms with van der Waals surface area (Å²) in [5.74, 6) is -5.67. The lowest BCUT2D eigenvalue weighted by molar-refractivity contribution is -0.143. The standard InChI is InChI=1S/C18H31N5O9S/c1-33-7-6-9(19)15(28)23-12(8-24)17(30)21-10(2-4-13(20)25)16(29)22-11(18(31)32)3-5-14(26)27/h9-12,24H,2-8,19H2,1H3,(H2,20,25)(H,21,30)(H,22,29)(H,23,28)(H,26,27)(H,31,32). The Balaban J connectivity index is 5.30. The number of carbonyl (C=O) groups is 6. The fraction of sp³-hybridized carbons (Fsp3) is 0.667. The molecule has 0 spiro atoms. The molecule has 0 aromatic heterocycles. The number of primary amides is 1. The molecule has 0 fully saturated rings. The molecule has 188 valence electrons. The summed E-state index contributed by atoms with van der Waals surface area (Å²) in [5.41, 5.74) is 10.8. The van der Waals surface area contributed by atoms with Gasteiger partial charge in [-0.3, -0.25) is 24.0 Å². The number of hydrogen-bond acceptors (Lipinski definition) is 9. The fourth-order valence-corrected chi connectivity index (χ4v) is 2.96. The molecule has 0 aromatic rings. The molecule has 10 N–H and O–H groups in total. The average molecular weight is 494 g/mol. The van der Waals surface area contributed by atoms with Crippen molar-refractivity contribution in [2.45, 2.75) is 56.3 Å². The van der Waals surface area contributed by atoms with Crippen LogP contribution < -0.4 is 27.4 Å². The van der Waals surface area contributed by atoms with E-state index in [0.717, 1.165) is 0 Å². The molecule has 0 aromatic carbocycles. The molecule has 0 saturated heterocycles. The number of amides is 4. The lowest BCUT2D eigenvalue weighted by Gasteiger charge is -2.24. The van der Waals surface area contributed by atoms with Crippen molar-refractivity contribution >= 4 is 47.3 Å². The minimum atomic E-state index is -1.57. The zero-order valence-corrected chi connectivity index (χ0v) is 18.9. The van der Waals surface area contributed by atoms with Crippen LogP contribution in [0.3, 0.4) is 0 Å². The van der Waals surface area contributed by atoms with E-state index in [1.54, 1.807) is 0 Å². The lowest BCUT2D eigenvalue weighted by Crippen LogP contribution is -2.58. The van der Waals surface area contributed by atoms with Gasteiger partial charge in [0.1, 0.15) is 18.1 Å². The topological polar surface area (TPSA) is 251 Å². The van der Waals surface area contributed by atoms with E-state index < -0.39 is 79.2 Å². The predicted octanol–water partition coefficient (Wildman–Crippen LogP) is -3.27. The normalized spacial score (nSPS) is 14.3. The highest BCUT2D eigenvalue weighted by molar-refractivity contribution is 7.98. The minimum absolute atomic E-state index is 0.308. The highest BCUT2D eigenvalue weighted by atomic mass is 32.2. The van der Waals surface area contributed by atoms with Crippen molar-refractivity contribution in [1.29, 1.82) is 0 Å². The third-order valence-electron chi connectivity index (χ3n) is 4.36. The first-order valence-electron chi connectivity index (χ1n) is 9.92. The van der Waals surface area contributed by atoms with Gasteiger partial charge in [-0.15, -0.1) is 0 Å². The Kier molecular flexibility index (Phi) is 14.4. The maximum Gasteiger partial charge on any atom is 0.326 e. The van der Waals surface area contributed by atoms with Crippen LogP contribution in [-0.4, -0.2) is 93.7 Å². The van der Waals surface area contributed by atoms with E-state index in [9.17, 15) is 39.0 Å². The number of rotatable bonds is 17. The van der Waals surface area contributed by atoms with Crippen LogP contribution in [0.15, 0.2) is 0 Å². The summed E-state index contributed by atoms with van der Waals surface area (Å²) in [6.07, 6.45) is 0.533. The predicted molar refractivity (Wildman–Crippen MR) is 117 cm³/mol. The zero-order valence-electron chi connectivity index (χ0n) is 18.1. The molecule has 4 unspecified atom stereocenters. The van der Waals surface area contributed by atoms with Gasteiger partial charge in [-0.05, 0) is 31.3 Å². The first kappa shape index (κ1) is 30.1. The van der Waals surface area contributed by atoms with Crippen LogP contribution in [0.5, 0.6) is 0 Å². The Labute approximate surface area is 194 Å². The molecular weight excluding hydrogens is 462 g/mol. The second kappa shape index (κ2) is 15.8. The summed E-state index contributed by atoms with van der Waals surface area (Å²) in [7, 11) is 0. The molecule has 0 rings (SSSR count). The van der Waals surface area contributed by atoms with Gasteiger partial charge in [0.05, 0.1) is 12.6 Å². The van der Waals surface area contributed by atoms with Gasteiger partial charge in [-0.1, -0.05) is 0 Å². The maximum absolute atomic E-state index is 12.5. The van der Waals surface area contributed by atoms with Crippen LogP contribution in [0.2, 0.25) is 0 Å². The molecule has 4 atom stereocenters. The molecule has 0 aliphatic heterocycles. The van der Waals surface area contributed by atoms with Crippen LogP contribution in [0, 0.1) is 0 Å². The Bertz CT molecular complexity index is 721. The van der Waals surface area contributed by atoms with Gasteiger partial charge in [0.2, 0.25) is 23.6 Å². The Morgan fingerprint density at radius 1 is 0.818 bits per heavy atom. The molecule has 0 aliphatic rings. The molecule has 0 heterocycles. The number of thioether (sulfide) groups is 1. The van der Waals surface area contributed by atoms with Gasteiger partial charge in [0.15, 0.2) is 0 Å². The SMILES string of the molecule is CSCCC(N)C(=O)NC(CO)C(=O)NC(CCC(N)=O)C(=O)NC(CCC(=O)O)C(=O)O. The van der Waals surface area contributed by atoms with Crippen LogP contribution in [0.1, 0.15) is 32.1 Å². The number of aliphatic hydroxyl groups excluding tert-OH is 1. The zero-order chi connectivity index (χ0) is 25.6. The molecule has 15 heteroatoms. The van der Waals surface area contributed by atoms with E-state index >= 15 is 0 Å². The van der Waals surface area contributed by atoms with Crippen molar-refractivity contribution in [2.24, 2.45) is 11.5 Å². The van der Waals surface area contributed by atoms with Crippen molar-refractivity contribution in [3.8, 4) is 0 Å². The van der Waals surface area contributed by atoms with E-state index in [1.807, 2.05) is 6.26 Å². The van der Waals surface area contributed by atoms with Gasteiger partial charge in [-0.2, -0.15) is 11.8 Å². The Morgan fingerprint density at radius 2 is 1.33 bits per heavy atom. The van der Waals surface area contributed by atoms with E-state index in [2.05, 4.69) is 16.0 Å². The number of carboxylic acid groups (broad SMARTS) is 2. The highest BCUT2D eigenvalue weighted by Crippen LogP contribution is 2.04. The second-order valence-corrected chi connectivity index (χ2v) is 8.02. The minimum Gasteiger partial charge on any atom is -0.481 e. The quantitative estimate of drug-likeness (QED) is 0.0997. The largest absolute Gasteiger partial charge is 0.481 e. The second-order valence-electron chi connectivity index (χ2n) is 7.03. The average Bonchev–Trinajstić information content (AvgIpc) is 2.74. The van der Waals surface area contributed by atoms with E-state index in [-0.39, 0.29) is 12.8 Å². The molecule has 4 amide bonds. The summed E-state index contributed by atoms with van der Waals surface area (Å²) in [5, 5.41) is 34.0. The van der Waals surface area contributed by atoms with Crippen molar-refractivity contribution < 1.29 is 44.1 Å². The van der Waals surface area contributed by atoms with E-state index in [4.69, 9.17) is 16.6 Å². The van der Waals surface area contributed by atoms with E-state index in [1.165, 1.54) is 11.8 Å². The smallest absolute Gasteiger partial charge is 0.326 e. The number of carboxylic acids is 2. The molecule has 0 aliphatic carbocycles. The molecule has 33 heavy (non-hydrogen) atoms. The van der Waals surface area contributed by atoms with Crippen LogP contribution in [0.25, 0.3) is 0 Å². The first-order chi connectivity index (χ1) is 15.4. The number of aliphatic hydroxyl groups is 1. The summed E-state index contributed by atoms with van der Waals surface area (Å²) in [6, 6.07) is -5.42. The first-order valence-corrected chi connectivity index (χ1v) is 11.3. The van der Waals surface area contributed by atoms with Crippen molar-refractivity contribution in [3.63, 3.8) is 0 Å². The van der Waals surface area contributed by atoms with Gasteiger partial charge >= 0.3 is 11.9 Å². The van der Waals surface area contributed by atoms with Crippen LogP contribution >= 0.6 is 11.8 Å². The third kappa shape index (κ3) is 12.6. The van der Waals surface area contributed by atoms with E-state index in [0.29, 0.717) is 12.2 Å².